The molecular weight excluding hydrogens is 360 g/mol. The summed E-state index contributed by atoms with van der Waals surface area (Å²) in [7, 11) is 0. The number of benzene rings is 2. The maximum absolute atomic E-state index is 12.1. The summed E-state index contributed by atoms with van der Waals surface area (Å²) in [6.45, 7) is 9.00. The highest BCUT2D eigenvalue weighted by atomic mass is 16.5. The molecule has 4 nitrogen and oxygen atoms in total. The quantitative estimate of drug-likeness (QED) is 0.648. The Morgan fingerprint density at radius 3 is 2.52 bits per heavy atom. The van der Waals surface area contributed by atoms with Crippen LogP contribution in [0, 0.1) is 13.8 Å². The first-order valence-electron chi connectivity index (χ1n) is 10.3. The van der Waals surface area contributed by atoms with Gasteiger partial charge < -0.3 is 10.1 Å². The van der Waals surface area contributed by atoms with Gasteiger partial charge in [0.1, 0.15) is 6.10 Å². The van der Waals surface area contributed by atoms with Crippen LogP contribution in [-0.2, 0) is 16.0 Å². The maximum Gasteiger partial charge on any atom is 0.253 e. The average Bonchev–Trinajstić information content (AvgIpc) is 2.67. The van der Waals surface area contributed by atoms with Gasteiger partial charge in [0.2, 0.25) is 0 Å². The van der Waals surface area contributed by atoms with E-state index in [9.17, 15) is 4.79 Å². The zero-order chi connectivity index (χ0) is 20.8. The molecule has 2 aromatic rings. The second kappa shape index (κ2) is 9.66. The Kier molecular flexibility index (Phi) is 6.99. The molecule has 29 heavy (non-hydrogen) atoms. The van der Waals surface area contributed by atoms with Crippen molar-refractivity contribution in [1.82, 2.24) is 0 Å². The van der Waals surface area contributed by atoms with Gasteiger partial charge in [0.15, 0.2) is 0 Å². The molecule has 0 aliphatic carbocycles. The Morgan fingerprint density at radius 1 is 1.21 bits per heavy atom. The second-order valence-corrected chi connectivity index (χ2v) is 7.48. The number of carbonyl (C=O) groups is 1. The smallest absolute Gasteiger partial charge is 0.253 e. The number of hydrogen-bond donors (Lipinski definition) is 1. The van der Waals surface area contributed by atoms with Crippen LogP contribution in [-0.4, -0.2) is 24.8 Å². The first-order chi connectivity index (χ1) is 14.0. The number of anilines is 1. The summed E-state index contributed by atoms with van der Waals surface area (Å²) in [6, 6.07) is 14.6. The molecule has 1 heterocycles. The number of amides is 1. The van der Waals surface area contributed by atoms with Crippen molar-refractivity contribution in [3.05, 3.63) is 76.5 Å². The Labute approximate surface area is 173 Å². The van der Waals surface area contributed by atoms with Crippen molar-refractivity contribution < 1.29 is 9.53 Å². The number of carbonyl (C=O) groups excluding carboxylic acids is 1. The number of ether oxygens (including phenoxy) is 1. The van der Waals surface area contributed by atoms with Crippen LogP contribution in [0.3, 0.4) is 0 Å². The molecule has 1 saturated heterocycles. The molecule has 1 fully saturated rings. The number of nitrogens with zero attached hydrogens (tertiary/aromatic N) is 1. The van der Waals surface area contributed by atoms with Crippen LogP contribution in [0.15, 0.2) is 59.2 Å². The number of aliphatic imine (C=N–C) groups is 1. The standard InChI is InChI=1S/C25H30N2O2/c1-5-23(26-6-2)22(21-9-7-8-17(3)18(21)4)16-19-10-12-20(13-11-19)27-25(28)24-14-15-29-24/h5-13,22,24H,14-16H2,1-4H3,(H,27,28)/b23-5-,26-6?. The van der Waals surface area contributed by atoms with E-state index in [4.69, 9.17) is 4.74 Å². The molecule has 1 aliphatic rings. The van der Waals surface area contributed by atoms with Crippen LogP contribution in [0.2, 0.25) is 0 Å². The predicted octanol–water partition coefficient (Wildman–Crippen LogP) is 5.35. The Balaban J connectivity index is 1.82. The van der Waals surface area contributed by atoms with Gasteiger partial charge in [-0.15, -0.1) is 0 Å². The van der Waals surface area contributed by atoms with Gasteiger partial charge in [-0.05, 0) is 68.5 Å². The number of nitrogens with one attached hydrogen (secondary N) is 1. The lowest BCUT2D eigenvalue weighted by atomic mass is 9.85. The Hall–Kier alpha value is -2.72. The maximum atomic E-state index is 12.1. The number of hydrogen-bond acceptors (Lipinski definition) is 3. The molecule has 2 atom stereocenters. The summed E-state index contributed by atoms with van der Waals surface area (Å²) >= 11 is 0. The SMILES string of the molecule is CC=N/C(=C\C)C(Cc1ccc(NC(=O)C2CCO2)cc1)c1cccc(C)c1C. The first kappa shape index (κ1) is 21.0. The van der Waals surface area contributed by atoms with Gasteiger partial charge in [0, 0.05) is 29.9 Å². The topological polar surface area (TPSA) is 50.7 Å². The van der Waals surface area contributed by atoms with Crippen molar-refractivity contribution in [2.45, 2.75) is 52.6 Å². The van der Waals surface area contributed by atoms with Gasteiger partial charge in [-0.3, -0.25) is 9.79 Å². The molecule has 2 unspecified atom stereocenters. The lowest BCUT2D eigenvalue weighted by Crippen LogP contribution is -2.38. The number of allylic oxidation sites excluding steroid dienone is 2. The van der Waals surface area contributed by atoms with Crippen LogP contribution < -0.4 is 5.32 Å². The van der Waals surface area contributed by atoms with Crippen molar-refractivity contribution in [1.29, 1.82) is 0 Å². The molecule has 1 N–H and O–H groups in total. The highest BCUT2D eigenvalue weighted by Crippen LogP contribution is 2.33. The minimum absolute atomic E-state index is 0.0641. The second-order valence-electron chi connectivity index (χ2n) is 7.48. The summed E-state index contributed by atoms with van der Waals surface area (Å²) in [5.74, 6) is 0.116. The van der Waals surface area contributed by atoms with Crippen LogP contribution in [0.1, 0.15) is 48.4 Å². The molecule has 152 valence electrons. The van der Waals surface area contributed by atoms with Crippen LogP contribution in [0.25, 0.3) is 0 Å². The summed E-state index contributed by atoms with van der Waals surface area (Å²) in [4.78, 5) is 16.7. The normalized spacial score (nSPS) is 17.8. The van der Waals surface area contributed by atoms with Gasteiger partial charge >= 0.3 is 0 Å². The van der Waals surface area contributed by atoms with Crippen LogP contribution >= 0.6 is 0 Å². The third-order valence-electron chi connectivity index (χ3n) is 5.61. The molecule has 1 amide bonds. The molecule has 3 rings (SSSR count). The van der Waals surface area contributed by atoms with E-state index in [-0.39, 0.29) is 17.9 Å². The molecule has 2 aromatic carbocycles. The van der Waals surface area contributed by atoms with E-state index in [1.165, 1.54) is 22.3 Å². The largest absolute Gasteiger partial charge is 0.368 e. The van der Waals surface area contributed by atoms with E-state index in [0.717, 1.165) is 24.2 Å². The lowest BCUT2D eigenvalue weighted by molar-refractivity contribution is -0.139. The highest BCUT2D eigenvalue weighted by Gasteiger charge is 2.26. The fraction of sp³-hybridized carbons (Fsp3) is 0.360. The Morgan fingerprint density at radius 2 is 1.93 bits per heavy atom. The van der Waals surface area contributed by atoms with E-state index in [1.54, 1.807) is 0 Å². The first-order valence-corrected chi connectivity index (χ1v) is 10.3. The minimum Gasteiger partial charge on any atom is -0.368 e. The van der Waals surface area contributed by atoms with Crippen molar-refractivity contribution in [3.8, 4) is 0 Å². The zero-order valence-electron chi connectivity index (χ0n) is 17.7. The third kappa shape index (κ3) is 5.01. The lowest BCUT2D eigenvalue weighted by Gasteiger charge is -2.25. The van der Waals surface area contributed by atoms with Gasteiger partial charge in [0.05, 0.1) is 6.61 Å². The van der Waals surface area contributed by atoms with Gasteiger partial charge in [-0.25, -0.2) is 0 Å². The minimum atomic E-state index is -0.299. The van der Waals surface area contributed by atoms with Gasteiger partial charge in [0.25, 0.3) is 5.91 Å². The highest BCUT2D eigenvalue weighted by molar-refractivity contribution is 5.94. The van der Waals surface area contributed by atoms with E-state index < -0.39 is 0 Å². The van der Waals surface area contributed by atoms with Crippen molar-refractivity contribution in [2.75, 3.05) is 11.9 Å². The molecule has 1 aliphatic heterocycles. The molecule has 0 bridgehead atoms. The molecule has 0 saturated carbocycles. The van der Waals surface area contributed by atoms with E-state index >= 15 is 0 Å². The van der Waals surface area contributed by atoms with Crippen molar-refractivity contribution >= 4 is 17.8 Å². The molecule has 0 radical (unpaired) electrons. The summed E-state index contributed by atoms with van der Waals surface area (Å²) in [5.41, 5.74) is 6.99. The van der Waals surface area contributed by atoms with Gasteiger partial charge in [-0.2, -0.15) is 0 Å². The summed E-state index contributed by atoms with van der Waals surface area (Å²) in [6.07, 6.45) is 5.30. The molecule has 0 spiro atoms. The molecule has 0 aromatic heterocycles. The van der Waals surface area contributed by atoms with Crippen LogP contribution in [0.5, 0.6) is 0 Å². The predicted molar refractivity (Wildman–Crippen MR) is 120 cm³/mol. The monoisotopic (exact) mass is 390 g/mol. The van der Waals surface area contributed by atoms with Crippen LogP contribution in [0.4, 0.5) is 5.69 Å². The number of aryl methyl sites for hydroxylation is 1. The fourth-order valence-corrected chi connectivity index (χ4v) is 3.67. The van der Waals surface area contributed by atoms with E-state index in [0.29, 0.717) is 6.61 Å². The summed E-state index contributed by atoms with van der Waals surface area (Å²) in [5, 5.41) is 2.93. The molecular formula is C25H30N2O2. The van der Waals surface area contributed by atoms with E-state index in [2.05, 4.69) is 60.6 Å². The van der Waals surface area contributed by atoms with E-state index in [1.807, 2.05) is 32.2 Å². The zero-order valence-corrected chi connectivity index (χ0v) is 17.7. The fourth-order valence-electron chi connectivity index (χ4n) is 3.67. The van der Waals surface area contributed by atoms with Crippen molar-refractivity contribution in [2.24, 2.45) is 4.99 Å². The summed E-state index contributed by atoms with van der Waals surface area (Å²) < 4.78 is 5.24. The molecule has 4 heteroatoms. The van der Waals surface area contributed by atoms with Gasteiger partial charge in [-0.1, -0.05) is 36.4 Å². The Bertz CT molecular complexity index is 909. The third-order valence-corrected chi connectivity index (χ3v) is 5.61. The van der Waals surface area contributed by atoms with Crippen molar-refractivity contribution in [3.63, 3.8) is 0 Å². The number of rotatable bonds is 7. The average molecular weight is 391 g/mol.